The van der Waals surface area contributed by atoms with Crippen LogP contribution in [0.3, 0.4) is 0 Å². The van der Waals surface area contributed by atoms with E-state index in [2.05, 4.69) is 5.32 Å². The first kappa shape index (κ1) is 8.48. The summed E-state index contributed by atoms with van der Waals surface area (Å²) in [4.78, 5) is 0. The van der Waals surface area contributed by atoms with Crippen LogP contribution in [0.25, 0.3) is 0 Å². The average Bonchev–Trinajstić information content (AvgIpc) is 2.54. The maximum atomic E-state index is 9.34. The predicted molar refractivity (Wildman–Crippen MR) is 46.0 cm³/mol. The lowest BCUT2D eigenvalue weighted by atomic mass is 9.90. The normalized spacial score (nSPS) is 38.8. The molecule has 0 aliphatic carbocycles. The smallest absolute Gasteiger partial charge is 0.0679 e. The number of ether oxygens (including phenoxy) is 1. The van der Waals surface area contributed by atoms with Crippen LogP contribution in [0, 0.1) is 5.92 Å². The molecule has 2 fully saturated rings. The van der Waals surface area contributed by atoms with Crippen LogP contribution in [0.15, 0.2) is 0 Å². The second kappa shape index (κ2) is 3.73. The fraction of sp³-hybridized carbons (Fsp3) is 1.00. The molecule has 0 bridgehead atoms. The summed E-state index contributed by atoms with van der Waals surface area (Å²) in [6, 6.07) is 0.545. The van der Waals surface area contributed by atoms with Crippen molar-refractivity contribution < 1.29 is 9.84 Å². The van der Waals surface area contributed by atoms with E-state index in [1.54, 1.807) is 0 Å². The van der Waals surface area contributed by atoms with Crippen LogP contribution in [-0.4, -0.2) is 37.0 Å². The van der Waals surface area contributed by atoms with Crippen LogP contribution in [0.5, 0.6) is 0 Å². The molecule has 3 heteroatoms. The Morgan fingerprint density at radius 2 is 2.00 bits per heavy atom. The van der Waals surface area contributed by atoms with Gasteiger partial charge in [0.1, 0.15) is 0 Å². The first-order valence-electron chi connectivity index (χ1n) is 4.85. The van der Waals surface area contributed by atoms with Gasteiger partial charge in [0, 0.05) is 25.8 Å². The van der Waals surface area contributed by atoms with Crippen molar-refractivity contribution in [2.45, 2.75) is 31.4 Å². The Bertz CT molecular complexity index is 143. The Morgan fingerprint density at radius 3 is 2.58 bits per heavy atom. The lowest BCUT2D eigenvalue weighted by molar-refractivity contribution is 0.0545. The molecule has 2 aliphatic rings. The van der Waals surface area contributed by atoms with Crippen molar-refractivity contribution >= 4 is 0 Å². The van der Waals surface area contributed by atoms with Crippen LogP contribution in [0.1, 0.15) is 19.3 Å². The van der Waals surface area contributed by atoms with Gasteiger partial charge in [-0.2, -0.15) is 0 Å². The van der Waals surface area contributed by atoms with Crippen LogP contribution in [0.4, 0.5) is 0 Å². The summed E-state index contributed by atoms with van der Waals surface area (Å²) >= 11 is 0. The van der Waals surface area contributed by atoms with Crippen molar-refractivity contribution in [2.75, 3.05) is 19.8 Å². The highest BCUT2D eigenvalue weighted by Crippen LogP contribution is 2.24. The summed E-state index contributed by atoms with van der Waals surface area (Å²) in [5, 5.41) is 12.7. The number of hydrogen-bond acceptors (Lipinski definition) is 3. The molecule has 3 nitrogen and oxygen atoms in total. The van der Waals surface area contributed by atoms with Gasteiger partial charge >= 0.3 is 0 Å². The minimum absolute atomic E-state index is 0.113. The Hall–Kier alpha value is -0.120. The Balaban J connectivity index is 1.83. The van der Waals surface area contributed by atoms with Gasteiger partial charge in [0.2, 0.25) is 0 Å². The first-order valence-corrected chi connectivity index (χ1v) is 4.85. The molecule has 2 N–H and O–H groups in total. The van der Waals surface area contributed by atoms with Gasteiger partial charge in [-0.25, -0.2) is 0 Å². The molecule has 0 saturated carbocycles. The lowest BCUT2D eigenvalue weighted by Crippen LogP contribution is -2.34. The van der Waals surface area contributed by atoms with Crippen molar-refractivity contribution in [2.24, 2.45) is 5.92 Å². The molecule has 0 aromatic rings. The minimum atomic E-state index is -0.113. The third kappa shape index (κ3) is 1.79. The number of β-amino-alcohol motifs (C(OH)–C–C–N with tert-alkyl or cyclic N) is 1. The van der Waals surface area contributed by atoms with E-state index in [1.807, 2.05) is 0 Å². The summed E-state index contributed by atoms with van der Waals surface area (Å²) in [7, 11) is 0. The Kier molecular flexibility index (Phi) is 2.63. The van der Waals surface area contributed by atoms with Crippen LogP contribution in [-0.2, 0) is 4.74 Å². The summed E-state index contributed by atoms with van der Waals surface area (Å²) in [5.41, 5.74) is 0. The van der Waals surface area contributed by atoms with E-state index in [9.17, 15) is 5.11 Å². The maximum absolute atomic E-state index is 9.34. The van der Waals surface area contributed by atoms with E-state index < -0.39 is 0 Å². The zero-order valence-corrected chi connectivity index (χ0v) is 7.33. The number of rotatable bonds is 1. The highest BCUT2D eigenvalue weighted by Gasteiger charge is 2.30. The minimum Gasteiger partial charge on any atom is -0.392 e. The third-order valence-electron chi connectivity index (χ3n) is 2.98. The molecule has 2 aliphatic heterocycles. The molecular weight excluding hydrogens is 154 g/mol. The standard InChI is InChI=1S/C9H17NO2/c11-8-5-9(10-6-8)7-1-3-12-4-2-7/h7-11H,1-6H2. The molecule has 0 amide bonds. The van der Waals surface area contributed by atoms with Gasteiger partial charge in [-0.1, -0.05) is 0 Å². The van der Waals surface area contributed by atoms with Crippen LogP contribution in [0.2, 0.25) is 0 Å². The molecule has 0 radical (unpaired) electrons. The first-order chi connectivity index (χ1) is 5.86. The molecule has 2 unspecified atom stereocenters. The summed E-state index contributed by atoms with van der Waals surface area (Å²) in [6.07, 6.45) is 3.14. The molecule has 2 saturated heterocycles. The van der Waals surface area contributed by atoms with E-state index in [4.69, 9.17) is 4.74 Å². The van der Waals surface area contributed by atoms with E-state index in [0.29, 0.717) is 6.04 Å². The maximum Gasteiger partial charge on any atom is 0.0679 e. The zero-order valence-electron chi connectivity index (χ0n) is 7.33. The van der Waals surface area contributed by atoms with Gasteiger partial charge in [-0.3, -0.25) is 0 Å². The SMILES string of the molecule is OC1CNC(C2CCOCC2)C1. The quantitative estimate of drug-likeness (QED) is 0.589. The van der Waals surface area contributed by atoms with Crippen molar-refractivity contribution in [3.8, 4) is 0 Å². The lowest BCUT2D eigenvalue weighted by Gasteiger charge is -2.27. The molecule has 70 valence electrons. The van der Waals surface area contributed by atoms with Crippen molar-refractivity contribution in [1.82, 2.24) is 5.32 Å². The summed E-state index contributed by atoms with van der Waals surface area (Å²) in [5.74, 6) is 0.732. The van der Waals surface area contributed by atoms with Gasteiger partial charge in [0.15, 0.2) is 0 Å². The molecular formula is C9H17NO2. The Labute approximate surface area is 73.1 Å². The van der Waals surface area contributed by atoms with E-state index >= 15 is 0 Å². The van der Waals surface area contributed by atoms with E-state index in [0.717, 1.165) is 44.9 Å². The van der Waals surface area contributed by atoms with Gasteiger partial charge in [-0.15, -0.1) is 0 Å². The largest absolute Gasteiger partial charge is 0.392 e. The topological polar surface area (TPSA) is 41.5 Å². The highest BCUT2D eigenvalue weighted by molar-refractivity contribution is 4.87. The third-order valence-corrected chi connectivity index (χ3v) is 2.98. The second-order valence-corrected chi connectivity index (χ2v) is 3.85. The van der Waals surface area contributed by atoms with E-state index in [-0.39, 0.29) is 6.10 Å². The number of hydrogen-bond donors (Lipinski definition) is 2. The molecule has 0 spiro atoms. The highest BCUT2D eigenvalue weighted by atomic mass is 16.5. The monoisotopic (exact) mass is 171 g/mol. The molecule has 2 rings (SSSR count). The molecule has 2 heterocycles. The zero-order chi connectivity index (χ0) is 8.39. The Morgan fingerprint density at radius 1 is 1.25 bits per heavy atom. The van der Waals surface area contributed by atoms with Crippen molar-refractivity contribution in [1.29, 1.82) is 0 Å². The number of aliphatic hydroxyl groups excluding tert-OH is 1. The van der Waals surface area contributed by atoms with Gasteiger partial charge in [0.25, 0.3) is 0 Å². The fourth-order valence-corrected chi connectivity index (χ4v) is 2.22. The van der Waals surface area contributed by atoms with Crippen LogP contribution >= 0.6 is 0 Å². The molecule has 12 heavy (non-hydrogen) atoms. The number of aliphatic hydroxyl groups is 1. The average molecular weight is 171 g/mol. The van der Waals surface area contributed by atoms with Crippen LogP contribution < -0.4 is 5.32 Å². The van der Waals surface area contributed by atoms with Crippen molar-refractivity contribution in [3.63, 3.8) is 0 Å². The van der Waals surface area contributed by atoms with E-state index in [1.165, 1.54) is 0 Å². The summed E-state index contributed by atoms with van der Waals surface area (Å²) in [6.45, 7) is 2.58. The molecule has 0 aromatic heterocycles. The molecule has 0 aromatic carbocycles. The summed E-state index contributed by atoms with van der Waals surface area (Å²) < 4.78 is 5.30. The number of nitrogens with one attached hydrogen (secondary N) is 1. The van der Waals surface area contributed by atoms with Gasteiger partial charge in [0.05, 0.1) is 6.10 Å². The predicted octanol–water partition coefficient (Wildman–Crippen LogP) is 0.136. The van der Waals surface area contributed by atoms with Crippen molar-refractivity contribution in [3.05, 3.63) is 0 Å². The van der Waals surface area contributed by atoms with Gasteiger partial charge in [-0.05, 0) is 25.2 Å². The fourth-order valence-electron chi connectivity index (χ4n) is 2.22. The molecule has 2 atom stereocenters. The van der Waals surface area contributed by atoms with Gasteiger partial charge < -0.3 is 15.2 Å². The second-order valence-electron chi connectivity index (χ2n) is 3.85.